The Balaban J connectivity index is 1.86. The van der Waals surface area contributed by atoms with Crippen LogP contribution in [0.1, 0.15) is 37.0 Å². The molecule has 30 heavy (non-hydrogen) atoms. The largest absolute Gasteiger partial charge is 0.336 e. The van der Waals surface area contributed by atoms with Gasteiger partial charge in [0.2, 0.25) is 11.5 Å². The average Bonchev–Trinajstić information content (AvgIpc) is 2.78. The molecule has 8 heteroatoms. The van der Waals surface area contributed by atoms with E-state index in [4.69, 9.17) is 10.7 Å². The van der Waals surface area contributed by atoms with Crippen LogP contribution in [0.3, 0.4) is 0 Å². The second-order valence-electron chi connectivity index (χ2n) is 7.76. The summed E-state index contributed by atoms with van der Waals surface area (Å²) in [7, 11) is 0. The molecule has 0 aromatic carbocycles. The van der Waals surface area contributed by atoms with Crippen LogP contribution in [-0.4, -0.2) is 57.8 Å². The summed E-state index contributed by atoms with van der Waals surface area (Å²) in [5.41, 5.74) is 7.80. The summed E-state index contributed by atoms with van der Waals surface area (Å²) < 4.78 is 3.35. The van der Waals surface area contributed by atoms with Crippen LogP contribution >= 0.6 is 0 Å². The zero-order chi connectivity index (χ0) is 21.3. The Morgan fingerprint density at radius 2 is 1.97 bits per heavy atom. The Hall–Kier alpha value is -3.00. The van der Waals surface area contributed by atoms with Crippen molar-refractivity contribution in [2.24, 2.45) is 0 Å². The molecular weight excluding hydrogens is 380 g/mol. The second-order valence-corrected chi connectivity index (χ2v) is 7.76. The minimum Gasteiger partial charge on any atom is -0.336 e. The molecule has 0 unspecified atom stereocenters. The smallest absolute Gasteiger partial charge is 0.278 e. The van der Waals surface area contributed by atoms with Gasteiger partial charge in [-0.15, -0.1) is 0 Å². The number of fused-ring (bicyclic) bond motifs is 2. The zero-order valence-electron chi connectivity index (χ0n) is 17.7. The number of piperazine rings is 1. The number of pyridine rings is 2. The standard InChI is InChI=1S/C22H28N6O2/c1-3-5-9-28-19(23)16(21(29)26-13-11-25(4-2)12-14-26)15-17-20(28)24-18-8-6-7-10-27(18)22(17)30/h6-8,10,15,23H,3-5,9,11-14H2,1-2H3/p+1. The predicted octanol–water partition coefficient (Wildman–Crippen LogP) is 1.30. The lowest BCUT2D eigenvalue weighted by Gasteiger charge is -2.34. The second kappa shape index (κ2) is 8.39. The van der Waals surface area contributed by atoms with Crippen LogP contribution in [0.4, 0.5) is 5.82 Å². The molecule has 3 aromatic heterocycles. The first-order chi connectivity index (χ1) is 14.5. The fraction of sp³-hybridized carbons (Fsp3) is 0.455. The van der Waals surface area contributed by atoms with Crippen LogP contribution in [0.5, 0.6) is 0 Å². The maximum Gasteiger partial charge on any atom is 0.278 e. The summed E-state index contributed by atoms with van der Waals surface area (Å²) in [6.07, 6.45) is 3.55. The number of likely N-dealkylation sites (N-methyl/N-ethyl adjacent to an activating group) is 1. The van der Waals surface area contributed by atoms with Gasteiger partial charge in [0.25, 0.3) is 17.1 Å². The summed E-state index contributed by atoms with van der Waals surface area (Å²) in [5, 5.41) is 0.416. The summed E-state index contributed by atoms with van der Waals surface area (Å²) in [6, 6.07) is 7.08. The number of aromatic nitrogens is 3. The van der Waals surface area contributed by atoms with Gasteiger partial charge in [-0.3, -0.25) is 14.0 Å². The highest BCUT2D eigenvalue weighted by molar-refractivity contribution is 6.00. The van der Waals surface area contributed by atoms with E-state index in [1.807, 2.05) is 15.5 Å². The quantitative estimate of drug-likeness (QED) is 0.507. The molecular formula is C22H29N6O2+. The molecule has 4 heterocycles. The fourth-order valence-corrected chi connectivity index (χ4v) is 4.05. The van der Waals surface area contributed by atoms with Crippen molar-refractivity contribution in [2.45, 2.75) is 33.2 Å². The van der Waals surface area contributed by atoms with E-state index in [0.717, 1.165) is 32.5 Å². The number of nitrogens with two attached hydrogens (primary N) is 1. The van der Waals surface area contributed by atoms with Gasteiger partial charge in [0.05, 0.1) is 6.54 Å². The molecule has 0 bridgehead atoms. The Bertz CT molecular complexity index is 1150. The van der Waals surface area contributed by atoms with Crippen LogP contribution in [0, 0.1) is 0 Å². The van der Waals surface area contributed by atoms with Gasteiger partial charge in [-0.1, -0.05) is 31.3 Å². The molecule has 0 aliphatic carbocycles. The van der Waals surface area contributed by atoms with Gasteiger partial charge in [0, 0.05) is 32.4 Å². The molecule has 4 rings (SSSR count). The van der Waals surface area contributed by atoms with Gasteiger partial charge in [-0.05, 0) is 31.2 Å². The average molecular weight is 410 g/mol. The molecule has 8 nitrogen and oxygen atoms in total. The number of amides is 1. The summed E-state index contributed by atoms with van der Waals surface area (Å²) in [4.78, 5) is 35.4. The molecule has 0 atom stereocenters. The molecule has 1 aliphatic rings. The van der Waals surface area contributed by atoms with Gasteiger partial charge in [0.15, 0.2) is 0 Å². The number of rotatable bonds is 5. The van der Waals surface area contributed by atoms with Crippen LogP contribution in [0.25, 0.3) is 16.7 Å². The number of aryl methyl sites for hydroxylation is 1. The van der Waals surface area contributed by atoms with E-state index in [0.29, 0.717) is 47.7 Å². The van der Waals surface area contributed by atoms with Gasteiger partial charge < -0.3 is 15.5 Å². The van der Waals surface area contributed by atoms with Crippen LogP contribution in [0.15, 0.2) is 35.3 Å². The van der Waals surface area contributed by atoms with Crippen LogP contribution in [-0.2, 0) is 6.54 Å². The molecule has 0 radical (unpaired) electrons. The highest BCUT2D eigenvalue weighted by Crippen LogP contribution is 2.18. The zero-order valence-corrected chi connectivity index (χ0v) is 17.7. The number of unbranched alkanes of at least 4 members (excludes halogenated alkanes) is 1. The number of carbonyl (C=O) groups excluding carboxylic acids is 1. The predicted molar refractivity (Wildman–Crippen MR) is 117 cm³/mol. The molecule has 2 N–H and O–H groups in total. The van der Waals surface area contributed by atoms with Gasteiger partial charge in [-0.2, -0.15) is 0 Å². The number of hydrogen-bond acceptors (Lipinski definition) is 5. The first-order valence-corrected chi connectivity index (χ1v) is 10.7. The van der Waals surface area contributed by atoms with E-state index >= 15 is 0 Å². The number of anilines is 1. The van der Waals surface area contributed by atoms with E-state index in [1.54, 1.807) is 24.4 Å². The first kappa shape index (κ1) is 20.3. The van der Waals surface area contributed by atoms with Crippen molar-refractivity contribution in [2.75, 3.05) is 38.5 Å². The highest BCUT2D eigenvalue weighted by atomic mass is 16.2. The molecule has 1 amide bonds. The molecule has 1 aliphatic heterocycles. The number of hydrogen-bond donors (Lipinski definition) is 1. The Kier molecular flexibility index (Phi) is 5.67. The maximum absolute atomic E-state index is 13.3. The van der Waals surface area contributed by atoms with Crippen molar-refractivity contribution in [3.05, 3.63) is 46.4 Å². The van der Waals surface area contributed by atoms with Gasteiger partial charge >= 0.3 is 0 Å². The SMILES string of the molecule is CCCC[n+]1c(N)c(C(=O)N2CCN(CC)CC2)cc2c(=O)n3ccccc3nc21. The highest BCUT2D eigenvalue weighted by Gasteiger charge is 2.28. The molecule has 0 saturated carbocycles. The third kappa shape index (κ3) is 3.52. The molecule has 1 saturated heterocycles. The third-order valence-electron chi connectivity index (χ3n) is 5.93. The van der Waals surface area contributed by atoms with Crippen molar-refractivity contribution in [1.82, 2.24) is 19.2 Å². The lowest BCUT2D eigenvalue weighted by molar-refractivity contribution is -0.659. The van der Waals surface area contributed by atoms with Gasteiger partial charge in [0.1, 0.15) is 10.9 Å². The lowest BCUT2D eigenvalue weighted by Crippen LogP contribution is -2.49. The Labute approximate surface area is 175 Å². The molecule has 0 spiro atoms. The summed E-state index contributed by atoms with van der Waals surface area (Å²) in [6.45, 7) is 8.83. The van der Waals surface area contributed by atoms with E-state index in [-0.39, 0.29) is 11.5 Å². The monoisotopic (exact) mass is 409 g/mol. The van der Waals surface area contributed by atoms with Crippen LogP contribution in [0.2, 0.25) is 0 Å². The minimum absolute atomic E-state index is 0.118. The van der Waals surface area contributed by atoms with Crippen molar-refractivity contribution < 1.29 is 9.36 Å². The van der Waals surface area contributed by atoms with Crippen LogP contribution < -0.4 is 15.9 Å². The molecule has 158 valence electrons. The van der Waals surface area contributed by atoms with E-state index in [2.05, 4.69) is 18.7 Å². The Morgan fingerprint density at radius 3 is 2.67 bits per heavy atom. The molecule has 3 aromatic rings. The summed E-state index contributed by atoms with van der Waals surface area (Å²) in [5.74, 6) is 0.263. The minimum atomic E-state index is -0.189. The van der Waals surface area contributed by atoms with Crippen molar-refractivity contribution in [1.29, 1.82) is 0 Å². The van der Waals surface area contributed by atoms with Crippen molar-refractivity contribution >= 4 is 28.4 Å². The normalized spacial score (nSPS) is 15.2. The number of carbonyl (C=O) groups is 1. The van der Waals surface area contributed by atoms with E-state index in [1.165, 1.54) is 4.40 Å². The maximum atomic E-state index is 13.3. The molecule has 1 fully saturated rings. The first-order valence-electron chi connectivity index (χ1n) is 10.7. The van der Waals surface area contributed by atoms with Crippen molar-refractivity contribution in [3.63, 3.8) is 0 Å². The Morgan fingerprint density at radius 1 is 1.20 bits per heavy atom. The number of nitrogens with zero attached hydrogens (tertiary/aromatic N) is 5. The fourth-order valence-electron chi connectivity index (χ4n) is 4.05. The van der Waals surface area contributed by atoms with E-state index in [9.17, 15) is 9.59 Å². The topological polar surface area (TPSA) is 87.8 Å². The number of nitrogen functional groups attached to an aromatic ring is 1. The lowest BCUT2D eigenvalue weighted by atomic mass is 10.1. The third-order valence-corrected chi connectivity index (χ3v) is 5.93. The summed E-state index contributed by atoms with van der Waals surface area (Å²) >= 11 is 0. The van der Waals surface area contributed by atoms with Crippen molar-refractivity contribution in [3.8, 4) is 0 Å². The van der Waals surface area contributed by atoms with E-state index < -0.39 is 0 Å². The van der Waals surface area contributed by atoms with Gasteiger partial charge in [-0.25, -0.2) is 4.57 Å².